The van der Waals surface area contributed by atoms with Gasteiger partial charge < -0.3 is 38.3 Å². The summed E-state index contributed by atoms with van der Waals surface area (Å²) in [6.45, 7) is 1.35. The number of fused-ring (bicyclic) bond motifs is 1. The van der Waals surface area contributed by atoms with Gasteiger partial charge in [-0.3, -0.25) is 0 Å². The summed E-state index contributed by atoms with van der Waals surface area (Å²) in [4.78, 5) is 0. The van der Waals surface area contributed by atoms with E-state index in [9.17, 15) is 18.3 Å². The van der Waals surface area contributed by atoms with Gasteiger partial charge in [0.1, 0.15) is 18.5 Å². The highest BCUT2D eigenvalue weighted by Crippen LogP contribution is 2.42. The summed E-state index contributed by atoms with van der Waals surface area (Å²) in [5.74, 6) is 0.0523. The third-order valence-corrected chi connectivity index (χ3v) is 7.55. The van der Waals surface area contributed by atoms with Gasteiger partial charge in [-0.1, -0.05) is 6.07 Å². The van der Waals surface area contributed by atoms with Crippen molar-refractivity contribution in [2.75, 3.05) is 26.4 Å². The van der Waals surface area contributed by atoms with Crippen molar-refractivity contribution in [1.29, 1.82) is 0 Å². The first-order chi connectivity index (χ1) is 18.3. The van der Waals surface area contributed by atoms with Gasteiger partial charge in [0.15, 0.2) is 18.9 Å². The van der Waals surface area contributed by atoms with Crippen LogP contribution < -0.4 is 4.74 Å². The van der Waals surface area contributed by atoms with Crippen LogP contribution in [0.3, 0.4) is 0 Å². The number of hydrogen-bond acceptors (Lipinski definition) is 8. The second kappa shape index (κ2) is 12.8. The molecule has 0 bridgehead atoms. The van der Waals surface area contributed by atoms with Crippen molar-refractivity contribution >= 4 is 0 Å². The second-order valence-electron chi connectivity index (χ2n) is 10.4. The van der Waals surface area contributed by atoms with Crippen LogP contribution in [0.1, 0.15) is 56.9 Å². The molecule has 1 aromatic rings. The summed E-state index contributed by atoms with van der Waals surface area (Å²) in [5, 5.41) is 10.1. The Balaban J connectivity index is 1.24. The van der Waals surface area contributed by atoms with Gasteiger partial charge in [0.05, 0.1) is 30.5 Å². The molecule has 5 rings (SSSR count). The van der Waals surface area contributed by atoms with Crippen LogP contribution in [0.15, 0.2) is 24.3 Å². The fourth-order valence-corrected chi connectivity index (χ4v) is 5.66. The molecule has 0 amide bonds. The largest absolute Gasteiger partial charge is 0.491 e. The average Bonchev–Trinajstić information content (AvgIpc) is 3.42. The molecule has 0 spiro atoms. The van der Waals surface area contributed by atoms with Crippen LogP contribution in [-0.4, -0.2) is 74.8 Å². The van der Waals surface area contributed by atoms with Crippen LogP contribution >= 0.6 is 0 Å². The standard InChI is InChI=1S/C27H37F3O8/c28-27(29,30)17-6-5-7-18(12-17)34-15-19(36-24-8-1-3-10-32-24)16-35-26-20-13-23(31)37-21(20)14-22(26)38-25-9-2-4-11-33-25/h5-7,12,19-26,31H,1-4,8-11,13-16H2. The van der Waals surface area contributed by atoms with Gasteiger partial charge in [0.2, 0.25) is 0 Å². The highest BCUT2D eigenvalue weighted by molar-refractivity contribution is 5.30. The minimum absolute atomic E-state index is 0.0155. The fourth-order valence-electron chi connectivity index (χ4n) is 5.66. The normalized spacial score (nSPS) is 34.7. The van der Waals surface area contributed by atoms with E-state index in [0.717, 1.165) is 50.7 Å². The number of aliphatic hydroxyl groups excluding tert-OH is 1. The van der Waals surface area contributed by atoms with Gasteiger partial charge in [-0.15, -0.1) is 0 Å². The van der Waals surface area contributed by atoms with Crippen molar-refractivity contribution < 1.29 is 51.4 Å². The molecule has 4 aliphatic rings. The smallest absolute Gasteiger partial charge is 0.416 e. The van der Waals surface area contributed by atoms with E-state index >= 15 is 0 Å². The Hall–Kier alpha value is -1.47. The van der Waals surface area contributed by atoms with Crippen LogP contribution in [0.25, 0.3) is 0 Å². The van der Waals surface area contributed by atoms with Crippen LogP contribution in [0, 0.1) is 5.92 Å². The van der Waals surface area contributed by atoms with Gasteiger partial charge in [0.25, 0.3) is 0 Å². The highest BCUT2D eigenvalue weighted by atomic mass is 19.4. The minimum atomic E-state index is -4.46. The molecule has 8 atom stereocenters. The van der Waals surface area contributed by atoms with E-state index < -0.39 is 30.4 Å². The van der Waals surface area contributed by atoms with Crippen molar-refractivity contribution in [3.8, 4) is 5.75 Å². The second-order valence-corrected chi connectivity index (χ2v) is 10.4. The molecule has 1 saturated carbocycles. The number of alkyl halides is 3. The fraction of sp³-hybridized carbons (Fsp3) is 0.778. The molecular weight excluding hydrogens is 509 g/mol. The lowest BCUT2D eigenvalue weighted by Crippen LogP contribution is -2.40. The first kappa shape index (κ1) is 28.1. The summed E-state index contributed by atoms with van der Waals surface area (Å²) in [5.41, 5.74) is -0.777. The van der Waals surface area contributed by atoms with E-state index in [1.54, 1.807) is 0 Å². The Morgan fingerprint density at radius 3 is 2.45 bits per heavy atom. The van der Waals surface area contributed by atoms with Crippen molar-refractivity contribution in [2.45, 2.75) is 101 Å². The summed E-state index contributed by atoms with van der Waals surface area (Å²) >= 11 is 0. The van der Waals surface area contributed by atoms with Crippen LogP contribution in [0.5, 0.6) is 5.75 Å². The molecule has 11 heteroatoms. The lowest BCUT2D eigenvalue weighted by Gasteiger charge is -2.32. The monoisotopic (exact) mass is 546 g/mol. The van der Waals surface area contributed by atoms with Gasteiger partial charge in [-0.2, -0.15) is 13.2 Å². The third kappa shape index (κ3) is 7.38. The zero-order valence-corrected chi connectivity index (χ0v) is 21.4. The number of aliphatic hydroxyl groups is 1. The van der Waals surface area contributed by atoms with Crippen molar-refractivity contribution in [2.24, 2.45) is 5.92 Å². The molecule has 3 saturated heterocycles. The molecular formula is C27H37F3O8. The Morgan fingerprint density at radius 1 is 0.974 bits per heavy atom. The van der Waals surface area contributed by atoms with Crippen LogP contribution in [-0.2, 0) is 34.6 Å². The first-order valence-corrected chi connectivity index (χ1v) is 13.6. The van der Waals surface area contributed by atoms with E-state index in [1.165, 1.54) is 12.1 Å². The lowest BCUT2D eigenvalue weighted by molar-refractivity contribution is -0.227. The Labute approximate surface area is 220 Å². The summed E-state index contributed by atoms with van der Waals surface area (Å²) < 4.78 is 81.2. The molecule has 4 fully saturated rings. The molecule has 1 N–H and O–H groups in total. The SMILES string of the molecule is OC1CC2C(CC(OC3CCCCO3)C2OCC(COc2cccc(C(F)(F)F)c2)OC2CCCCO2)O1. The molecule has 0 radical (unpaired) electrons. The van der Waals surface area contributed by atoms with Gasteiger partial charge in [-0.05, 0) is 56.7 Å². The maximum atomic E-state index is 13.1. The van der Waals surface area contributed by atoms with E-state index in [1.807, 2.05) is 0 Å². The van der Waals surface area contributed by atoms with E-state index in [-0.39, 0.29) is 49.5 Å². The van der Waals surface area contributed by atoms with Crippen LogP contribution in [0.2, 0.25) is 0 Å². The number of hydrogen-bond donors (Lipinski definition) is 1. The van der Waals surface area contributed by atoms with Crippen molar-refractivity contribution in [3.05, 3.63) is 29.8 Å². The predicted octanol–water partition coefficient (Wildman–Crippen LogP) is 4.42. The minimum Gasteiger partial charge on any atom is -0.491 e. The topological polar surface area (TPSA) is 84.8 Å². The Morgan fingerprint density at radius 2 is 1.74 bits per heavy atom. The zero-order valence-electron chi connectivity index (χ0n) is 21.4. The Bertz CT molecular complexity index is 874. The number of halogens is 3. The summed E-state index contributed by atoms with van der Waals surface area (Å²) in [7, 11) is 0. The van der Waals surface area contributed by atoms with E-state index in [4.69, 9.17) is 33.2 Å². The number of ether oxygens (including phenoxy) is 7. The number of rotatable bonds is 10. The van der Waals surface area contributed by atoms with Gasteiger partial charge in [0, 0.05) is 32.0 Å². The molecule has 3 heterocycles. The maximum absolute atomic E-state index is 13.1. The number of benzene rings is 1. The van der Waals surface area contributed by atoms with E-state index in [2.05, 4.69) is 0 Å². The summed E-state index contributed by atoms with van der Waals surface area (Å²) in [6.07, 6.45) is -0.874. The quantitative estimate of drug-likeness (QED) is 0.462. The average molecular weight is 547 g/mol. The molecule has 0 aromatic heterocycles. The first-order valence-electron chi connectivity index (χ1n) is 13.6. The van der Waals surface area contributed by atoms with Gasteiger partial charge in [-0.25, -0.2) is 0 Å². The van der Waals surface area contributed by atoms with Crippen LogP contribution in [0.4, 0.5) is 13.2 Å². The molecule has 38 heavy (non-hydrogen) atoms. The zero-order chi connectivity index (χ0) is 26.5. The molecule has 214 valence electrons. The molecule has 8 nitrogen and oxygen atoms in total. The maximum Gasteiger partial charge on any atom is 0.416 e. The summed E-state index contributed by atoms with van der Waals surface area (Å²) in [6, 6.07) is 4.78. The highest BCUT2D eigenvalue weighted by Gasteiger charge is 2.51. The third-order valence-electron chi connectivity index (χ3n) is 7.55. The lowest BCUT2D eigenvalue weighted by atomic mass is 10.0. The predicted molar refractivity (Wildman–Crippen MR) is 127 cm³/mol. The molecule has 1 aromatic carbocycles. The van der Waals surface area contributed by atoms with Crippen molar-refractivity contribution in [1.82, 2.24) is 0 Å². The van der Waals surface area contributed by atoms with Gasteiger partial charge >= 0.3 is 6.18 Å². The van der Waals surface area contributed by atoms with E-state index in [0.29, 0.717) is 26.1 Å². The molecule has 8 unspecified atom stereocenters. The molecule has 1 aliphatic carbocycles. The molecule has 3 aliphatic heterocycles. The Kier molecular flexibility index (Phi) is 9.46. The van der Waals surface area contributed by atoms with Crippen molar-refractivity contribution in [3.63, 3.8) is 0 Å².